The number of halogens is 2. The summed E-state index contributed by atoms with van der Waals surface area (Å²) < 4.78 is 6.13. The van der Waals surface area contributed by atoms with E-state index in [0.29, 0.717) is 34.1 Å². The highest BCUT2D eigenvalue weighted by Gasteiger charge is 2.09. The molecule has 0 aliphatic heterocycles. The third-order valence-corrected chi connectivity index (χ3v) is 3.44. The van der Waals surface area contributed by atoms with E-state index in [9.17, 15) is 4.79 Å². The van der Waals surface area contributed by atoms with Crippen molar-refractivity contribution in [2.24, 2.45) is 5.92 Å². The molecule has 0 aromatic heterocycles. The number of carbonyl (C=O) groups is 1. The maximum atomic E-state index is 11.9. The van der Waals surface area contributed by atoms with Crippen LogP contribution in [0.25, 0.3) is 0 Å². The monoisotopic (exact) mass is 347 g/mol. The van der Waals surface area contributed by atoms with E-state index in [2.05, 4.69) is 35.1 Å². The average Bonchev–Trinajstić information content (AvgIpc) is 2.32. The van der Waals surface area contributed by atoms with E-state index in [1.807, 2.05) is 0 Å². The molecule has 1 N–H and O–H groups in total. The molecule has 0 unspecified atom stereocenters. The molecule has 0 radical (unpaired) electrons. The summed E-state index contributed by atoms with van der Waals surface area (Å²) in [7, 11) is 0. The van der Waals surface area contributed by atoms with Crippen LogP contribution in [0.3, 0.4) is 0 Å². The SMILES string of the molecule is CC(C)CCOCCNC(=O)c1ccc(Cl)cc1Br. The van der Waals surface area contributed by atoms with Gasteiger partial charge in [-0.3, -0.25) is 4.79 Å². The van der Waals surface area contributed by atoms with Gasteiger partial charge in [-0.15, -0.1) is 0 Å². The standard InChI is InChI=1S/C14H19BrClNO2/c1-10(2)5-7-19-8-6-17-14(18)12-4-3-11(16)9-13(12)15/h3-4,9-10H,5-8H2,1-2H3,(H,17,18). The van der Waals surface area contributed by atoms with Crippen molar-refractivity contribution < 1.29 is 9.53 Å². The molecule has 1 rings (SSSR count). The fourth-order valence-corrected chi connectivity index (χ4v) is 2.29. The van der Waals surface area contributed by atoms with Gasteiger partial charge in [-0.1, -0.05) is 25.4 Å². The summed E-state index contributed by atoms with van der Waals surface area (Å²) in [6.07, 6.45) is 1.04. The van der Waals surface area contributed by atoms with Crippen LogP contribution in [-0.4, -0.2) is 25.7 Å². The van der Waals surface area contributed by atoms with Crippen LogP contribution >= 0.6 is 27.5 Å². The Morgan fingerprint density at radius 2 is 2.16 bits per heavy atom. The van der Waals surface area contributed by atoms with Crippen molar-refractivity contribution in [3.63, 3.8) is 0 Å². The van der Waals surface area contributed by atoms with Crippen molar-refractivity contribution in [2.45, 2.75) is 20.3 Å². The lowest BCUT2D eigenvalue weighted by Gasteiger charge is -2.09. The molecule has 19 heavy (non-hydrogen) atoms. The largest absolute Gasteiger partial charge is 0.380 e. The Balaban J connectivity index is 2.28. The van der Waals surface area contributed by atoms with Crippen LogP contribution in [0.5, 0.6) is 0 Å². The number of benzene rings is 1. The Morgan fingerprint density at radius 3 is 2.79 bits per heavy atom. The van der Waals surface area contributed by atoms with E-state index in [4.69, 9.17) is 16.3 Å². The molecule has 0 spiro atoms. The van der Waals surface area contributed by atoms with Crippen molar-refractivity contribution in [1.82, 2.24) is 5.32 Å². The number of ether oxygens (including phenoxy) is 1. The highest BCUT2D eigenvalue weighted by Crippen LogP contribution is 2.21. The summed E-state index contributed by atoms with van der Waals surface area (Å²) in [5, 5.41) is 3.41. The molecular weight excluding hydrogens is 330 g/mol. The predicted octanol–water partition coefficient (Wildman–Crippen LogP) is 3.90. The van der Waals surface area contributed by atoms with Gasteiger partial charge < -0.3 is 10.1 Å². The molecule has 0 atom stereocenters. The summed E-state index contributed by atoms with van der Waals surface area (Å²) >= 11 is 9.15. The van der Waals surface area contributed by atoms with Gasteiger partial charge in [0.15, 0.2) is 0 Å². The summed E-state index contributed by atoms with van der Waals surface area (Å²) in [5.74, 6) is 0.510. The molecule has 1 amide bonds. The van der Waals surface area contributed by atoms with E-state index < -0.39 is 0 Å². The van der Waals surface area contributed by atoms with Gasteiger partial charge in [0.25, 0.3) is 5.91 Å². The molecule has 0 aliphatic carbocycles. The minimum Gasteiger partial charge on any atom is -0.380 e. The lowest BCUT2D eigenvalue weighted by Crippen LogP contribution is -2.27. The molecule has 0 bridgehead atoms. The second kappa shape index (κ2) is 8.56. The van der Waals surface area contributed by atoms with Crippen molar-refractivity contribution in [2.75, 3.05) is 19.8 Å². The topological polar surface area (TPSA) is 38.3 Å². The number of hydrogen-bond acceptors (Lipinski definition) is 2. The molecule has 0 fully saturated rings. The van der Waals surface area contributed by atoms with E-state index in [1.165, 1.54) is 0 Å². The van der Waals surface area contributed by atoms with Gasteiger partial charge >= 0.3 is 0 Å². The molecule has 0 saturated heterocycles. The maximum Gasteiger partial charge on any atom is 0.252 e. The number of amides is 1. The molecule has 3 nitrogen and oxygen atoms in total. The molecule has 0 saturated carbocycles. The fraction of sp³-hybridized carbons (Fsp3) is 0.500. The van der Waals surface area contributed by atoms with Gasteiger partial charge in [0.05, 0.1) is 12.2 Å². The Labute approximate surface area is 127 Å². The van der Waals surface area contributed by atoms with E-state index in [1.54, 1.807) is 18.2 Å². The minimum absolute atomic E-state index is 0.129. The third kappa shape index (κ3) is 6.41. The molecule has 1 aromatic carbocycles. The van der Waals surface area contributed by atoms with Gasteiger partial charge in [-0.2, -0.15) is 0 Å². The Kier molecular flexibility index (Phi) is 7.42. The molecule has 106 valence electrons. The summed E-state index contributed by atoms with van der Waals surface area (Å²) in [6.45, 7) is 6.08. The number of carbonyl (C=O) groups excluding carboxylic acids is 1. The van der Waals surface area contributed by atoms with Gasteiger partial charge in [-0.25, -0.2) is 0 Å². The molecule has 1 aromatic rings. The quantitative estimate of drug-likeness (QED) is 0.759. The number of rotatable bonds is 7. The van der Waals surface area contributed by atoms with Crippen LogP contribution in [0.2, 0.25) is 5.02 Å². The summed E-state index contributed by atoms with van der Waals surface area (Å²) in [5.41, 5.74) is 0.576. The number of hydrogen-bond donors (Lipinski definition) is 1. The number of nitrogens with one attached hydrogen (secondary N) is 1. The first-order valence-electron chi connectivity index (χ1n) is 6.31. The van der Waals surface area contributed by atoms with Crippen LogP contribution in [0.1, 0.15) is 30.6 Å². The zero-order chi connectivity index (χ0) is 14.3. The fourth-order valence-electron chi connectivity index (χ4n) is 1.43. The van der Waals surface area contributed by atoms with E-state index in [0.717, 1.165) is 13.0 Å². The summed E-state index contributed by atoms with van der Waals surface area (Å²) in [4.78, 5) is 11.9. The van der Waals surface area contributed by atoms with Crippen molar-refractivity contribution >= 4 is 33.4 Å². The van der Waals surface area contributed by atoms with Gasteiger partial charge in [0.2, 0.25) is 0 Å². The lowest BCUT2D eigenvalue weighted by molar-refractivity contribution is 0.0905. The first kappa shape index (κ1) is 16.5. The minimum atomic E-state index is -0.129. The zero-order valence-corrected chi connectivity index (χ0v) is 13.6. The maximum absolute atomic E-state index is 11.9. The Bertz CT molecular complexity index is 424. The summed E-state index contributed by atoms with van der Waals surface area (Å²) in [6, 6.07) is 5.09. The first-order valence-corrected chi connectivity index (χ1v) is 7.48. The normalized spacial score (nSPS) is 10.8. The molecular formula is C14H19BrClNO2. The average molecular weight is 349 g/mol. The van der Waals surface area contributed by atoms with E-state index >= 15 is 0 Å². The van der Waals surface area contributed by atoms with Crippen molar-refractivity contribution in [3.8, 4) is 0 Å². The lowest BCUT2D eigenvalue weighted by atomic mass is 10.1. The molecule has 5 heteroatoms. The highest BCUT2D eigenvalue weighted by molar-refractivity contribution is 9.10. The second-order valence-corrected chi connectivity index (χ2v) is 5.97. The first-order chi connectivity index (χ1) is 9.00. The second-order valence-electron chi connectivity index (χ2n) is 4.67. The third-order valence-electron chi connectivity index (χ3n) is 2.55. The van der Waals surface area contributed by atoms with E-state index in [-0.39, 0.29) is 5.91 Å². The molecule has 0 heterocycles. The Hall–Kier alpha value is -0.580. The molecule has 0 aliphatic rings. The van der Waals surface area contributed by atoms with Crippen LogP contribution < -0.4 is 5.32 Å². The van der Waals surface area contributed by atoms with Crippen molar-refractivity contribution in [3.05, 3.63) is 33.3 Å². The smallest absolute Gasteiger partial charge is 0.252 e. The van der Waals surface area contributed by atoms with Gasteiger partial charge in [0, 0.05) is 22.6 Å². The van der Waals surface area contributed by atoms with Gasteiger partial charge in [0.1, 0.15) is 0 Å². The van der Waals surface area contributed by atoms with Crippen molar-refractivity contribution in [1.29, 1.82) is 0 Å². The van der Waals surface area contributed by atoms with Gasteiger partial charge in [-0.05, 0) is 46.5 Å². The van der Waals surface area contributed by atoms with Crippen LogP contribution in [-0.2, 0) is 4.74 Å². The van der Waals surface area contributed by atoms with Crippen LogP contribution in [0.15, 0.2) is 22.7 Å². The van der Waals surface area contributed by atoms with Crippen LogP contribution in [0, 0.1) is 5.92 Å². The van der Waals surface area contributed by atoms with Crippen LogP contribution in [0.4, 0.5) is 0 Å². The predicted molar refractivity (Wildman–Crippen MR) is 81.8 cm³/mol. The zero-order valence-electron chi connectivity index (χ0n) is 11.2. The Morgan fingerprint density at radius 1 is 1.42 bits per heavy atom. The highest BCUT2D eigenvalue weighted by atomic mass is 79.9.